The van der Waals surface area contributed by atoms with E-state index < -0.39 is 200 Å². The van der Waals surface area contributed by atoms with Crippen LogP contribution in [0.1, 0.15) is 394 Å². The summed E-state index contributed by atoms with van der Waals surface area (Å²) in [5.74, 6) is -13.7. The second kappa shape index (κ2) is 74.8. The van der Waals surface area contributed by atoms with E-state index in [1.807, 2.05) is 0 Å². The number of rotatable bonds is 3. The highest BCUT2D eigenvalue weighted by Gasteiger charge is 2.19. The highest BCUT2D eigenvalue weighted by atomic mass is 16.2. The Hall–Kier alpha value is -4.29. The molecule has 13 nitrogen and oxygen atoms in total. The lowest BCUT2D eigenvalue weighted by atomic mass is 9.90. The van der Waals surface area contributed by atoms with Crippen LogP contribution in [0.5, 0.6) is 0 Å². The van der Waals surface area contributed by atoms with Crippen molar-refractivity contribution in [2.24, 2.45) is 17.7 Å². The van der Waals surface area contributed by atoms with Crippen molar-refractivity contribution in [2.45, 2.75) is 327 Å². The molecule has 6 saturated carbocycles. The van der Waals surface area contributed by atoms with Gasteiger partial charge >= 0.3 is 0 Å². The molecule has 13 heteroatoms. The molecule has 0 spiro atoms. The van der Waals surface area contributed by atoms with Crippen LogP contribution in [0.2, 0.25) is 0 Å². The van der Waals surface area contributed by atoms with Crippen LogP contribution in [0.4, 0.5) is 0 Å². The Morgan fingerprint density at radius 3 is 1.00 bits per heavy atom. The fourth-order valence-electron chi connectivity index (χ4n) is 2.91. The third kappa shape index (κ3) is 124. The number of carbonyl (C=O) groups is 13. The summed E-state index contributed by atoms with van der Waals surface area (Å²) in [5, 5.41) is 0. The number of carbonyl (C=O) groups excluding carboxylic acids is 13. The maximum Gasteiger partial charge on any atom is 0.135 e. The maximum atomic E-state index is 11.5. The van der Waals surface area contributed by atoms with Crippen molar-refractivity contribution in [3.05, 3.63) is 0 Å². The molecule has 0 saturated heterocycles. The van der Waals surface area contributed by atoms with E-state index in [9.17, 15) is 62.3 Å². The van der Waals surface area contributed by atoms with Gasteiger partial charge in [0.2, 0.25) is 0 Å². The zero-order valence-electron chi connectivity index (χ0n) is 92.9. The first-order valence-electron chi connectivity index (χ1n) is 45.9. The number of hydrogen-bond acceptors (Lipinski definition) is 13. The lowest BCUT2D eigenvalue weighted by Gasteiger charge is -2.14. The Bertz CT molecular complexity index is 3440. The summed E-state index contributed by atoms with van der Waals surface area (Å²) in [4.78, 5) is 136. The fraction of sp³-hybridized carbons (Fsp3) is 0.800. The molecule has 466 valence electrons. The van der Waals surface area contributed by atoms with Gasteiger partial charge < -0.3 is 33.6 Å². The summed E-state index contributed by atoms with van der Waals surface area (Å²) < 4.78 is 345. The van der Waals surface area contributed by atoms with Crippen LogP contribution < -0.4 is 0 Å². The van der Waals surface area contributed by atoms with E-state index >= 15 is 0 Å². The quantitative estimate of drug-likeness (QED) is 0.240. The standard InChI is InChI=1S/C7H12O.4C6H10O.C5H8O.3C4H8O.4C3H6O.5CH4/c1-6-3-2-4-7(8)5-6;1-5-2-3-6(7)4-5;1-5-3-2-4-6(5)7;2*7-6-4-2-1-3-5-6;6-5-3-1-2-4-5;3*1-3-4(2)5;4*1-3(2)4;;;;;/h6H,2-5H2,1H3;2*5H,2-4H2,1H3;2*1-5H2;1-4H2;3*3H2,1-2H3;4*1-2H3;5*1H4/i2D2,3D2,6D;2D2,5D;2D2,3D2,4D2,5D;1D2,2D2,3D2,4D2,5D2;4D2,5D2;3D2,4D2;1D3,2D3,3D2;3D2;1D3;1+1,3+1;3+1;1+1;1D3;;;;;. The van der Waals surface area contributed by atoms with Gasteiger partial charge in [0.15, 0.2) is 0 Å². The smallest absolute Gasteiger partial charge is 0.135 e. The predicted molar refractivity (Wildman–Crippen MR) is 330 cm³/mol. The Labute approximate surface area is 550 Å². The highest BCUT2D eigenvalue weighted by Crippen LogP contribution is 2.21. The van der Waals surface area contributed by atoms with Gasteiger partial charge in [0.25, 0.3) is 0 Å². The van der Waals surface area contributed by atoms with Gasteiger partial charge in [0.05, 0.1) is 0 Å². The molecule has 3 unspecified atom stereocenters. The second-order valence-electron chi connectivity index (χ2n) is 14.2. The molecule has 6 aliphatic rings. The number of Topliss-reactive ketones (excluding diaryl/α,β-unsaturated/α-hetero) is 13. The predicted octanol–water partition coefficient (Wildman–Crippen LogP) is 17.2. The van der Waals surface area contributed by atoms with Crippen LogP contribution in [-0.4, -0.2) is 75.2 Å². The molecule has 78 heavy (non-hydrogen) atoms. The minimum absolute atomic E-state index is 0. The molecule has 6 aliphatic carbocycles. The van der Waals surface area contributed by atoms with E-state index in [-0.39, 0.29) is 123 Å². The zero-order valence-corrected chi connectivity index (χ0v) is 43.9. The molecule has 0 bridgehead atoms. The summed E-state index contributed by atoms with van der Waals surface area (Å²) in [5.41, 5.74) is 0. The minimum atomic E-state index is -3.49. The molecule has 0 heterocycles. The van der Waals surface area contributed by atoms with Gasteiger partial charge in [-0.25, -0.2) is 0 Å². The van der Waals surface area contributed by atoms with Crippen LogP contribution in [0.25, 0.3) is 0 Å². The van der Waals surface area contributed by atoms with E-state index in [0.29, 0.717) is 6.42 Å². The summed E-state index contributed by atoms with van der Waals surface area (Å²) in [6.45, 7) is 6.66. The normalized spacial score (nSPS) is 40.2. The van der Waals surface area contributed by atoms with Crippen LogP contribution in [0, 0.1) is 17.7 Å². The first-order chi connectivity index (χ1) is 52.1. The van der Waals surface area contributed by atoms with Crippen molar-refractivity contribution in [2.75, 3.05) is 0 Å². The van der Waals surface area contributed by atoms with Gasteiger partial charge in [-0.1, -0.05) is 91.3 Å². The largest absolute Gasteiger partial charge is 0.300 e. The average molecular weight is 1170 g/mol. The first kappa shape index (κ1) is 31.8. The summed E-state index contributed by atoms with van der Waals surface area (Å²) in [7, 11) is 0. The van der Waals surface area contributed by atoms with Crippen molar-refractivity contribution in [1.29, 1.82) is 0 Å². The highest BCUT2D eigenvalue weighted by molar-refractivity contribution is 5.83. The van der Waals surface area contributed by atoms with Crippen LogP contribution in [0.3, 0.4) is 0 Å². The molecule has 6 rings (SSSR count). The molecule has 0 aromatic carbocycles. The van der Waals surface area contributed by atoms with Crippen LogP contribution in [-0.2, 0) is 62.3 Å². The maximum absolute atomic E-state index is 11.5. The molecule has 6 fully saturated rings. The SMILES string of the molecule is C.C.C.C.C.CC([13CH3])=O.C[13C](C)=O.C[13C]([13CH3])=O.[2H]C([2H])(C)C(C)=O.[2H]C([2H])([2H])C(=O)C([2H])([2H])C([2H])([2H])[2H].[2H]C([2H])([2H])C(C)=O.[2H]C([2H])([2H])CC(C)=O.[2H]C1([2H])C(=O)C([2H])(C)C([2H])([2H])C1([2H])[2H].[2H]C1([2H])C(=O)C([2H])([2H])C([2H])([2H])C([2H])([2H])C1([2H])[2H].[2H]C1([2H])CC(=O)CC([2H])(C)C1([2H])[2H].[2H]C1([2H])CC(=O)CC1([2H])C.[2H]C1([2H])CCC([2H])([2H])C1=O.[2H]C1([2H])CCCC([2H])([2H])C1=O. The monoisotopic (exact) mass is 1170 g/mol. The summed E-state index contributed by atoms with van der Waals surface area (Å²) in [6.07, 6.45) is -45.1. The lowest BCUT2D eigenvalue weighted by molar-refractivity contribution is -0.121. The summed E-state index contributed by atoms with van der Waals surface area (Å²) in [6, 6.07) is 0. The van der Waals surface area contributed by atoms with Crippen molar-refractivity contribution in [3.8, 4) is 0 Å². The van der Waals surface area contributed by atoms with E-state index in [1.54, 1.807) is 0 Å². The van der Waals surface area contributed by atoms with Crippen molar-refractivity contribution < 1.29 is 129 Å². The van der Waals surface area contributed by atoms with Crippen LogP contribution >= 0.6 is 0 Å². The van der Waals surface area contributed by atoms with Gasteiger partial charge in [0, 0.05) is 163 Å². The molecule has 0 radical (unpaired) electrons. The van der Waals surface area contributed by atoms with Crippen molar-refractivity contribution in [3.63, 3.8) is 0 Å². The Morgan fingerprint density at radius 1 is 0.436 bits per heavy atom. The van der Waals surface area contributed by atoms with Crippen LogP contribution in [0.15, 0.2) is 0 Å². The zero-order chi connectivity index (χ0) is 102. The van der Waals surface area contributed by atoms with E-state index in [0.717, 1.165) is 13.8 Å². The van der Waals surface area contributed by atoms with E-state index in [2.05, 4.69) is 0 Å². The molecule has 3 atom stereocenters. The Kier molecular flexibility index (Phi) is 30.5. The van der Waals surface area contributed by atoms with Gasteiger partial charge in [-0.2, -0.15) is 0 Å². The molecule has 0 aromatic heterocycles. The molecule has 0 N–H and O–H groups in total. The molecule has 0 aliphatic heterocycles. The molecule has 0 aromatic rings. The average Bonchev–Trinajstić information content (AvgIpc) is 1.49. The summed E-state index contributed by atoms with van der Waals surface area (Å²) >= 11 is 0. The van der Waals surface area contributed by atoms with E-state index in [1.165, 1.54) is 76.2 Å². The Balaban J connectivity index is -0.000000114. The minimum Gasteiger partial charge on any atom is -0.300 e. The van der Waals surface area contributed by atoms with E-state index in [4.69, 9.17) is 67.2 Å². The first-order valence-corrected chi connectivity index (χ1v) is 21.4. The van der Waals surface area contributed by atoms with Crippen molar-refractivity contribution >= 4 is 75.2 Å². The van der Waals surface area contributed by atoms with Gasteiger partial charge in [-0.15, -0.1) is 0 Å². The van der Waals surface area contributed by atoms with Gasteiger partial charge in [-0.05, 0) is 158 Å². The second-order valence-corrected chi connectivity index (χ2v) is 14.2. The third-order valence-corrected chi connectivity index (χ3v) is 5.68. The third-order valence-electron chi connectivity index (χ3n) is 5.68. The lowest BCUT2D eigenvalue weighted by Crippen LogP contribution is -2.11. The Morgan fingerprint density at radius 2 is 0.808 bits per heavy atom. The molecule has 0 amide bonds. The number of ketones is 13. The molecular formula is C65H128O13. The number of hydrogen-bond donors (Lipinski definition) is 0. The van der Waals surface area contributed by atoms with Gasteiger partial charge in [0.1, 0.15) is 75.2 Å². The molecular weight excluding hydrogens is 993 g/mol. The van der Waals surface area contributed by atoms with Gasteiger partial charge in [-0.3, -0.25) is 28.8 Å². The topological polar surface area (TPSA) is 222 Å². The fourth-order valence-corrected chi connectivity index (χ4v) is 2.91. The van der Waals surface area contributed by atoms with Crippen molar-refractivity contribution in [1.82, 2.24) is 0 Å².